The van der Waals surface area contributed by atoms with Crippen molar-refractivity contribution in [2.24, 2.45) is 0 Å². The van der Waals surface area contributed by atoms with Crippen molar-refractivity contribution in [3.05, 3.63) is 58.3 Å². The van der Waals surface area contributed by atoms with Gasteiger partial charge in [0, 0.05) is 11.8 Å². The fourth-order valence-electron chi connectivity index (χ4n) is 2.74. The molecule has 0 aliphatic carbocycles. The first-order valence-electron chi connectivity index (χ1n) is 7.91. The van der Waals surface area contributed by atoms with Crippen LogP contribution in [0.5, 0.6) is 0 Å². The number of hydrogen-bond donors (Lipinski definition) is 1. The summed E-state index contributed by atoms with van der Waals surface area (Å²) < 4.78 is 0. The Balaban J connectivity index is 1.92. The molecule has 0 radical (unpaired) electrons. The molecule has 1 aliphatic heterocycles. The Kier molecular flexibility index (Phi) is 5.26. The maximum Gasteiger partial charge on any atom is 0.265 e. The average molecular weight is 361 g/mol. The van der Waals surface area contributed by atoms with Crippen molar-refractivity contribution in [2.75, 3.05) is 5.75 Å². The van der Waals surface area contributed by atoms with Gasteiger partial charge in [0.25, 0.3) is 5.91 Å². The molecule has 1 fully saturated rings. The molecule has 1 aromatic heterocycles. The molecule has 1 aliphatic rings. The van der Waals surface area contributed by atoms with Gasteiger partial charge in [-0.2, -0.15) is 0 Å². The molecule has 3 rings (SSSR count). The Hall–Kier alpha value is -1.79. The van der Waals surface area contributed by atoms with Crippen LogP contribution in [-0.4, -0.2) is 34.6 Å². The van der Waals surface area contributed by atoms with Crippen molar-refractivity contribution in [2.45, 2.75) is 31.3 Å². The van der Waals surface area contributed by atoms with Crippen LogP contribution >= 0.6 is 23.1 Å². The van der Waals surface area contributed by atoms with Crippen molar-refractivity contribution in [3.63, 3.8) is 0 Å². The molecule has 126 valence electrons. The number of carbonyl (C=O) groups is 2. The first-order valence-corrected chi connectivity index (χ1v) is 9.84. The molecule has 2 aromatic rings. The fourth-order valence-corrected chi connectivity index (χ4v) is 4.84. The third-order valence-electron chi connectivity index (χ3n) is 3.79. The molecular formula is C18H20N2O2S2. The van der Waals surface area contributed by atoms with Crippen LogP contribution in [0.4, 0.5) is 0 Å². The first-order chi connectivity index (χ1) is 11.6. The first kappa shape index (κ1) is 17.0. The quantitative estimate of drug-likeness (QED) is 0.907. The summed E-state index contributed by atoms with van der Waals surface area (Å²) in [6.45, 7) is 3.86. The summed E-state index contributed by atoms with van der Waals surface area (Å²) >= 11 is 3.05. The van der Waals surface area contributed by atoms with Crippen LogP contribution in [0.1, 0.15) is 34.5 Å². The van der Waals surface area contributed by atoms with E-state index < -0.39 is 6.04 Å². The molecule has 2 amide bonds. The number of rotatable bonds is 4. The maximum atomic E-state index is 13.0. The molecule has 2 unspecified atom stereocenters. The molecule has 2 atom stereocenters. The van der Waals surface area contributed by atoms with Crippen LogP contribution in [0.3, 0.4) is 0 Å². The monoisotopic (exact) mass is 360 g/mol. The molecule has 0 bridgehead atoms. The zero-order valence-corrected chi connectivity index (χ0v) is 15.3. The van der Waals surface area contributed by atoms with Crippen molar-refractivity contribution in [1.82, 2.24) is 10.2 Å². The van der Waals surface area contributed by atoms with Gasteiger partial charge in [-0.15, -0.1) is 23.1 Å². The number of thiophene rings is 1. The van der Waals surface area contributed by atoms with Gasteiger partial charge >= 0.3 is 0 Å². The normalized spacial score (nSPS) is 20.4. The van der Waals surface area contributed by atoms with Gasteiger partial charge in [-0.25, -0.2) is 0 Å². The Morgan fingerprint density at radius 1 is 1.17 bits per heavy atom. The van der Waals surface area contributed by atoms with Gasteiger partial charge in [0.05, 0.1) is 4.88 Å². The van der Waals surface area contributed by atoms with Crippen molar-refractivity contribution >= 4 is 34.9 Å². The Morgan fingerprint density at radius 3 is 2.54 bits per heavy atom. The molecule has 24 heavy (non-hydrogen) atoms. The summed E-state index contributed by atoms with van der Waals surface area (Å²) in [6.07, 6.45) is 0. The van der Waals surface area contributed by atoms with Gasteiger partial charge in [0.1, 0.15) is 11.4 Å². The SMILES string of the molecule is CC(C)NC(=O)C1CSC(c2ccccc2)N1C(=O)c1cccs1. The second-order valence-electron chi connectivity index (χ2n) is 5.97. The van der Waals surface area contributed by atoms with Gasteiger partial charge in [0.2, 0.25) is 5.91 Å². The van der Waals surface area contributed by atoms with Gasteiger partial charge in [-0.3, -0.25) is 9.59 Å². The number of amides is 2. The van der Waals surface area contributed by atoms with E-state index in [0.717, 1.165) is 5.56 Å². The highest BCUT2D eigenvalue weighted by molar-refractivity contribution is 7.99. The standard InChI is InChI=1S/C18H20N2O2S2/c1-12(2)19-16(21)14-11-24-18(13-7-4-3-5-8-13)20(14)17(22)15-9-6-10-23-15/h3-10,12,14,18H,11H2,1-2H3,(H,19,21). The summed E-state index contributed by atoms with van der Waals surface area (Å²) in [6, 6.07) is 13.2. The van der Waals surface area contributed by atoms with Crippen LogP contribution < -0.4 is 5.32 Å². The smallest absolute Gasteiger partial charge is 0.265 e. The van der Waals surface area contributed by atoms with E-state index in [1.165, 1.54) is 11.3 Å². The summed E-state index contributed by atoms with van der Waals surface area (Å²) in [5, 5.41) is 4.69. The highest BCUT2D eigenvalue weighted by atomic mass is 32.2. The molecular weight excluding hydrogens is 340 g/mol. The molecule has 1 aromatic carbocycles. The Bertz CT molecular complexity index is 701. The van der Waals surface area contributed by atoms with E-state index in [1.807, 2.05) is 61.7 Å². The van der Waals surface area contributed by atoms with Crippen molar-refractivity contribution in [3.8, 4) is 0 Å². The van der Waals surface area contributed by atoms with Crippen LogP contribution in [0, 0.1) is 0 Å². The minimum absolute atomic E-state index is 0.0527. The molecule has 0 spiro atoms. The van der Waals surface area contributed by atoms with Crippen molar-refractivity contribution < 1.29 is 9.59 Å². The van der Waals surface area contributed by atoms with E-state index in [2.05, 4.69) is 5.32 Å². The molecule has 1 N–H and O–H groups in total. The Morgan fingerprint density at radius 2 is 1.92 bits per heavy atom. The minimum atomic E-state index is -0.447. The number of nitrogens with one attached hydrogen (secondary N) is 1. The maximum absolute atomic E-state index is 13.0. The van der Waals surface area contributed by atoms with Gasteiger partial charge in [0.15, 0.2) is 0 Å². The predicted molar refractivity (Wildman–Crippen MR) is 99.2 cm³/mol. The molecule has 4 nitrogen and oxygen atoms in total. The second kappa shape index (κ2) is 7.40. The summed E-state index contributed by atoms with van der Waals surface area (Å²) in [4.78, 5) is 28.0. The zero-order chi connectivity index (χ0) is 17.1. The average Bonchev–Trinajstić information content (AvgIpc) is 3.24. The summed E-state index contributed by atoms with van der Waals surface area (Å²) in [5.74, 6) is 0.448. The van der Waals surface area contributed by atoms with E-state index in [9.17, 15) is 9.59 Å². The lowest BCUT2D eigenvalue weighted by Gasteiger charge is -2.29. The van der Waals surface area contributed by atoms with Gasteiger partial charge in [-0.1, -0.05) is 36.4 Å². The second-order valence-corrected chi connectivity index (χ2v) is 8.03. The van der Waals surface area contributed by atoms with E-state index in [-0.39, 0.29) is 23.2 Å². The zero-order valence-electron chi connectivity index (χ0n) is 13.6. The minimum Gasteiger partial charge on any atom is -0.352 e. The van der Waals surface area contributed by atoms with Gasteiger partial charge < -0.3 is 10.2 Å². The summed E-state index contributed by atoms with van der Waals surface area (Å²) in [7, 11) is 0. The van der Waals surface area contributed by atoms with Crippen LogP contribution in [0.25, 0.3) is 0 Å². The number of nitrogens with zero attached hydrogens (tertiary/aromatic N) is 1. The van der Waals surface area contributed by atoms with E-state index in [1.54, 1.807) is 16.7 Å². The number of thioether (sulfide) groups is 1. The molecule has 2 heterocycles. The number of hydrogen-bond acceptors (Lipinski definition) is 4. The largest absolute Gasteiger partial charge is 0.352 e. The lowest BCUT2D eigenvalue weighted by molar-refractivity contribution is -0.125. The van der Waals surface area contributed by atoms with E-state index in [4.69, 9.17) is 0 Å². The number of benzene rings is 1. The topological polar surface area (TPSA) is 49.4 Å². The van der Waals surface area contributed by atoms with Gasteiger partial charge in [-0.05, 0) is 30.9 Å². The highest BCUT2D eigenvalue weighted by Crippen LogP contribution is 2.42. The lowest BCUT2D eigenvalue weighted by Crippen LogP contribution is -2.49. The van der Waals surface area contributed by atoms with E-state index >= 15 is 0 Å². The number of carbonyl (C=O) groups excluding carboxylic acids is 2. The summed E-state index contributed by atoms with van der Waals surface area (Å²) in [5.41, 5.74) is 1.05. The molecule has 0 saturated carbocycles. The Labute approximate surface area is 150 Å². The lowest BCUT2D eigenvalue weighted by atomic mass is 10.1. The molecule has 1 saturated heterocycles. The van der Waals surface area contributed by atoms with Crippen LogP contribution in [-0.2, 0) is 4.79 Å². The van der Waals surface area contributed by atoms with Crippen molar-refractivity contribution in [1.29, 1.82) is 0 Å². The third kappa shape index (κ3) is 3.49. The predicted octanol–water partition coefficient (Wildman–Crippen LogP) is 3.53. The third-order valence-corrected chi connectivity index (χ3v) is 5.97. The van der Waals surface area contributed by atoms with Crippen LogP contribution in [0.2, 0.25) is 0 Å². The highest BCUT2D eigenvalue weighted by Gasteiger charge is 2.42. The van der Waals surface area contributed by atoms with Crippen LogP contribution in [0.15, 0.2) is 47.8 Å². The van der Waals surface area contributed by atoms with E-state index in [0.29, 0.717) is 10.6 Å². The molecule has 6 heteroatoms. The fraction of sp³-hybridized carbons (Fsp3) is 0.333.